The number of nitrogens with zero attached hydrogens (tertiary/aromatic N) is 4. The van der Waals surface area contributed by atoms with Crippen molar-refractivity contribution in [2.45, 2.75) is 32.4 Å². The molecule has 1 aromatic rings. The van der Waals surface area contributed by atoms with Crippen LogP contribution in [0.1, 0.15) is 35.8 Å². The molecule has 0 saturated carbocycles. The third kappa shape index (κ3) is 3.83. The van der Waals surface area contributed by atoms with Gasteiger partial charge in [0.15, 0.2) is 0 Å². The molecule has 1 aliphatic heterocycles. The monoisotopic (exact) mass is 294 g/mol. The van der Waals surface area contributed by atoms with Crippen LogP contribution in [0.25, 0.3) is 0 Å². The van der Waals surface area contributed by atoms with E-state index in [0.717, 1.165) is 25.3 Å². The van der Waals surface area contributed by atoms with Gasteiger partial charge in [-0.15, -0.1) is 0 Å². The maximum absolute atomic E-state index is 12.0. The quantitative estimate of drug-likeness (QED) is 0.762. The highest BCUT2D eigenvalue weighted by Gasteiger charge is 2.24. The summed E-state index contributed by atoms with van der Waals surface area (Å²) in [5, 5.41) is 4.22. The number of piperidine rings is 1. The molecule has 2 heterocycles. The van der Waals surface area contributed by atoms with Crippen molar-refractivity contribution in [3.63, 3.8) is 0 Å². The minimum atomic E-state index is -0.276. The SMILES string of the molecule is CCOC(=O)c1cnn(C)c1CN1CCCC(N(C)C)C1. The molecule has 1 atom stereocenters. The number of hydrogen-bond acceptors (Lipinski definition) is 5. The number of likely N-dealkylation sites (N-methyl/N-ethyl adjacent to an activating group) is 1. The summed E-state index contributed by atoms with van der Waals surface area (Å²) in [6.07, 6.45) is 4.04. The summed E-state index contributed by atoms with van der Waals surface area (Å²) in [6, 6.07) is 0.582. The lowest BCUT2D eigenvalue weighted by atomic mass is 10.0. The number of carbonyl (C=O) groups is 1. The highest BCUT2D eigenvalue weighted by Crippen LogP contribution is 2.18. The molecule has 0 aliphatic carbocycles. The first-order chi connectivity index (χ1) is 10.0. The first-order valence-electron chi connectivity index (χ1n) is 7.59. The van der Waals surface area contributed by atoms with Crippen LogP contribution in [0, 0.1) is 0 Å². The van der Waals surface area contributed by atoms with Crippen LogP contribution in [-0.2, 0) is 18.3 Å². The molecule has 21 heavy (non-hydrogen) atoms. The van der Waals surface area contributed by atoms with E-state index in [0.29, 0.717) is 18.2 Å². The van der Waals surface area contributed by atoms with Crippen LogP contribution < -0.4 is 0 Å². The third-order valence-electron chi connectivity index (χ3n) is 4.14. The molecule has 1 saturated heterocycles. The zero-order valence-corrected chi connectivity index (χ0v) is 13.5. The van der Waals surface area contributed by atoms with Gasteiger partial charge in [0, 0.05) is 26.2 Å². The number of esters is 1. The Bertz CT molecular complexity index is 484. The molecule has 118 valence electrons. The van der Waals surface area contributed by atoms with Gasteiger partial charge in [0.1, 0.15) is 5.56 Å². The normalized spacial score (nSPS) is 20.0. The molecule has 0 bridgehead atoms. The Balaban J connectivity index is 2.08. The molecule has 0 amide bonds. The van der Waals surface area contributed by atoms with Crippen LogP contribution in [0.15, 0.2) is 6.20 Å². The van der Waals surface area contributed by atoms with Crippen molar-refractivity contribution >= 4 is 5.97 Å². The van der Waals surface area contributed by atoms with E-state index in [4.69, 9.17) is 4.74 Å². The maximum atomic E-state index is 12.0. The van der Waals surface area contributed by atoms with Gasteiger partial charge >= 0.3 is 5.97 Å². The van der Waals surface area contributed by atoms with Crippen LogP contribution in [0.4, 0.5) is 0 Å². The second kappa shape index (κ2) is 7.04. The molecule has 1 fully saturated rings. The lowest BCUT2D eigenvalue weighted by Gasteiger charge is -2.36. The van der Waals surface area contributed by atoms with E-state index in [1.807, 2.05) is 14.0 Å². The zero-order valence-electron chi connectivity index (χ0n) is 13.5. The van der Waals surface area contributed by atoms with Gasteiger partial charge in [0.05, 0.1) is 18.5 Å². The number of likely N-dealkylation sites (tertiary alicyclic amines) is 1. The Morgan fingerprint density at radius 2 is 2.29 bits per heavy atom. The van der Waals surface area contributed by atoms with Crippen molar-refractivity contribution in [1.29, 1.82) is 0 Å². The van der Waals surface area contributed by atoms with E-state index in [1.165, 1.54) is 12.8 Å². The molecule has 0 radical (unpaired) electrons. The second-order valence-corrected chi connectivity index (χ2v) is 5.84. The van der Waals surface area contributed by atoms with Crippen LogP contribution >= 0.6 is 0 Å². The molecular weight excluding hydrogens is 268 g/mol. The average molecular weight is 294 g/mol. The predicted octanol–water partition coefficient (Wildman–Crippen LogP) is 1.12. The number of ether oxygens (including phenoxy) is 1. The predicted molar refractivity (Wildman–Crippen MR) is 81.2 cm³/mol. The number of carbonyl (C=O) groups excluding carboxylic acids is 1. The Morgan fingerprint density at radius 1 is 1.52 bits per heavy atom. The maximum Gasteiger partial charge on any atom is 0.341 e. The van der Waals surface area contributed by atoms with E-state index in [1.54, 1.807) is 10.9 Å². The highest BCUT2D eigenvalue weighted by molar-refractivity contribution is 5.90. The molecule has 0 spiro atoms. The average Bonchev–Trinajstić information content (AvgIpc) is 2.81. The van der Waals surface area contributed by atoms with Crippen LogP contribution in [0.5, 0.6) is 0 Å². The van der Waals surface area contributed by atoms with Gasteiger partial charge in [-0.05, 0) is 40.4 Å². The first kappa shape index (κ1) is 16.0. The Labute approximate surface area is 126 Å². The van der Waals surface area contributed by atoms with Crippen molar-refractivity contribution in [1.82, 2.24) is 19.6 Å². The van der Waals surface area contributed by atoms with Gasteiger partial charge in [0.25, 0.3) is 0 Å². The molecule has 6 nitrogen and oxygen atoms in total. The van der Waals surface area contributed by atoms with E-state index >= 15 is 0 Å². The molecule has 2 rings (SSSR count). The van der Waals surface area contributed by atoms with Gasteiger partial charge < -0.3 is 9.64 Å². The Morgan fingerprint density at radius 3 is 2.95 bits per heavy atom. The fourth-order valence-corrected chi connectivity index (χ4v) is 2.84. The van der Waals surface area contributed by atoms with Crippen LogP contribution in [-0.4, -0.2) is 65.4 Å². The molecular formula is C15H26N4O2. The van der Waals surface area contributed by atoms with Crippen LogP contribution in [0.2, 0.25) is 0 Å². The van der Waals surface area contributed by atoms with E-state index in [2.05, 4.69) is 29.0 Å². The fourth-order valence-electron chi connectivity index (χ4n) is 2.84. The summed E-state index contributed by atoms with van der Waals surface area (Å²) in [7, 11) is 6.13. The standard InChI is InChI=1S/C15H26N4O2/c1-5-21-15(20)13-9-16-18(4)14(13)11-19-8-6-7-12(10-19)17(2)3/h9,12H,5-8,10-11H2,1-4H3. The third-order valence-corrected chi connectivity index (χ3v) is 4.14. The van der Waals surface area contributed by atoms with Gasteiger partial charge in [-0.3, -0.25) is 9.58 Å². The summed E-state index contributed by atoms with van der Waals surface area (Å²) in [5.41, 5.74) is 1.53. The highest BCUT2D eigenvalue weighted by atomic mass is 16.5. The summed E-state index contributed by atoms with van der Waals surface area (Å²) >= 11 is 0. The smallest absolute Gasteiger partial charge is 0.341 e. The van der Waals surface area contributed by atoms with Crippen LogP contribution in [0.3, 0.4) is 0 Å². The minimum Gasteiger partial charge on any atom is -0.462 e. The van der Waals surface area contributed by atoms with Crippen molar-refractivity contribution in [2.24, 2.45) is 7.05 Å². The van der Waals surface area contributed by atoms with Crippen molar-refractivity contribution in [2.75, 3.05) is 33.8 Å². The van der Waals surface area contributed by atoms with Gasteiger partial charge in [-0.1, -0.05) is 0 Å². The largest absolute Gasteiger partial charge is 0.462 e. The minimum absolute atomic E-state index is 0.276. The lowest BCUT2D eigenvalue weighted by molar-refractivity contribution is 0.0522. The van der Waals surface area contributed by atoms with Crippen molar-refractivity contribution in [3.8, 4) is 0 Å². The van der Waals surface area contributed by atoms with Gasteiger partial charge in [0.2, 0.25) is 0 Å². The number of rotatable bonds is 5. The molecule has 1 aromatic heterocycles. The van der Waals surface area contributed by atoms with Crippen molar-refractivity contribution < 1.29 is 9.53 Å². The molecule has 6 heteroatoms. The molecule has 1 unspecified atom stereocenters. The Kier molecular flexibility index (Phi) is 5.36. The summed E-state index contributed by atoms with van der Waals surface area (Å²) in [5.74, 6) is -0.276. The fraction of sp³-hybridized carbons (Fsp3) is 0.733. The molecule has 1 aliphatic rings. The number of aromatic nitrogens is 2. The van der Waals surface area contributed by atoms with Crippen molar-refractivity contribution in [3.05, 3.63) is 17.5 Å². The van der Waals surface area contributed by atoms with Gasteiger partial charge in [-0.25, -0.2) is 4.79 Å². The first-order valence-corrected chi connectivity index (χ1v) is 7.59. The summed E-state index contributed by atoms with van der Waals surface area (Å²) < 4.78 is 6.89. The van der Waals surface area contributed by atoms with E-state index in [9.17, 15) is 4.79 Å². The molecule has 0 N–H and O–H groups in total. The topological polar surface area (TPSA) is 50.6 Å². The van der Waals surface area contributed by atoms with E-state index in [-0.39, 0.29) is 5.97 Å². The summed E-state index contributed by atoms with van der Waals surface area (Å²) in [6.45, 7) is 5.05. The van der Waals surface area contributed by atoms with Gasteiger partial charge in [-0.2, -0.15) is 5.10 Å². The second-order valence-electron chi connectivity index (χ2n) is 5.84. The number of aryl methyl sites for hydroxylation is 1. The lowest BCUT2D eigenvalue weighted by Crippen LogP contribution is -2.45. The zero-order chi connectivity index (χ0) is 15.4. The van der Waals surface area contributed by atoms with E-state index < -0.39 is 0 Å². The Hall–Kier alpha value is -1.40. The summed E-state index contributed by atoms with van der Waals surface area (Å²) in [4.78, 5) is 16.7. The number of hydrogen-bond donors (Lipinski definition) is 0. The molecule has 0 aromatic carbocycles.